The zero-order chi connectivity index (χ0) is 15.5. The van der Waals surface area contributed by atoms with E-state index in [1.54, 1.807) is 16.9 Å². The predicted molar refractivity (Wildman–Crippen MR) is 83.4 cm³/mol. The number of hydrogen-bond acceptors (Lipinski definition) is 6. The Balaban J connectivity index is 0.00000192. The van der Waals surface area contributed by atoms with Gasteiger partial charge in [0.25, 0.3) is 12.3 Å². The van der Waals surface area contributed by atoms with Gasteiger partial charge in [0, 0.05) is 12.7 Å². The summed E-state index contributed by atoms with van der Waals surface area (Å²) in [4.78, 5) is 12.0. The summed E-state index contributed by atoms with van der Waals surface area (Å²) in [7, 11) is 0. The van der Waals surface area contributed by atoms with Crippen LogP contribution in [0.3, 0.4) is 0 Å². The van der Waals surface area contributed by atoms with Gasteiger partial charge in [0.1, 0.15) is 0 Å². The zero-order valence-corrected chi connectivity index (χ0v) is 13.5. The van der Waals surface area contributed by atoms with Gasteiger partial charge in [0.2, 0.25) is 5.13 Å². The molecule has 1 amide bonds. The first kappa shape index (κ1) is 17.7. The lowest BCUT2D eigenvalue weighted by Crippen LogP contribution is -2.32. The van der Waals surface area contributed by atoms with Crippen molar-refractivity contribution in [2.45, 2.75) is 25.3 Å². The molecule has 0 aromatic carbocycles. The lowest BCUT2D eigenvalue weighted by Gasteiger charge is -2.22. The number of amides is 1. The van der Waals surface area contributed by atoms with Gasteiger partial charge in [0.05, 0.1) is 6.04 Å². The van der Waals surface area contributed by atoms with Gasteiger partial charge < -0.3 is 5.32 Å². The third-order valence-corrected chi connectivity index (χ3v) is 4.18. The fourth-order valence-corrected chi connectivity index (χ4v) is 2.85. The van der Waals surface area contributed by atoms with Crippen LogP contribution in [-0.4, -0.2) is 39.0 Å². The van der Waals surface area contributed by atoms with Crippen molar-refractivity contribution >= 4 is 34.8 Å². The molecule has 0 aliphatic carbocycles. The number of piperidine rings is 1. The molecule has 2 aromatic heterocycles. The maximum atomic E-state index is 12.4. The highest BCUT2D eigenvalue weighted by Crippen LogP contribution is 2.25. The molecule has 1 aliphatic rings. The van der Waals surface area contributed by atoms with E-state index in [1.807, 2.05) is 0 Å². The summed E-state index contributed by atoms with van der Waals surface area (Å²) in [5, 5.41) is 16.4. The standard InChI is InChI=1S/C12H14F2N6OS.ClH/c13-9(14)11-17-18-12(22-11)16-10(21)8-3-5-20(19-8)7-2-1-4-15-6-7;/h3,5,7,9,15H,1-2,4,6H2,(H,16,18,21);1H. The fourth-order valence-electron chi connectivity index (χ4n) is 2.26. The Kier molecular flexibility index (Phi) is 5.97. The molecule has 2 N–H and O–H groups in total. The van der Waals surface area contributed by atoms with Gasteiger partial charge in [-0.1, -0.05) is 11.3 Å². The highest BCUT2D eigenvalue weighted by atomic mass is 35.5. The second-order valence-electron chi connectivity index (χ2n) is 4.88. The maximum Gasteiger partial charge on any atom is 0.291 e. The molecule has 1 saturated heterocycles. The summed E-state index contributed by atoms with van der Waals surface area (Å²) >= 11 is 0.650. The van der Waals surface area contributed by atoms with Crippen molar-refractivity contribution in [3.63, 3.8) is 0 Å². The Hall–Kier alpha value is -1.65. The lowest BCUT2D eigenvalue weighted by atomic mass is 10.1. The number of anilines is 1. The summed E-state index contributed by atoms with van der Waals surface area (Å²) < 4.78 is 26.6. The molecule has 0 spiro atoms. The second-order valence-corrected chi connectivity index (χ2v) is 5.89. The number of alkyl halides is 2. The first-order chi connectivity index (χ1) is 10.6. The number of aromatic nitrogens is 4. The van der Waals surface area contributed by atoms with Gasteiger partial charge >= 0.3 is 0 Å². The summed E-state index contributed by atoms with van der Waals surface area (Å²) in [5.41, 5.74) is 0.222. The molecule has 126 valence electrons. The largest absolute Gasteiger partial charge is 0.315 e. The van der Waals surface area contributed by atoms with Gasteiger partial charge in [-0.05, 0) is 25.5 Å². The second kappa shape index (κ2) is 7.75. The zero-order valence-electron chi connectivity index (χ0n) is 11.9. The predicted octanol–water partition coefficient (Wildman–Crippen LogP) is 2.27. The maximum absolute atomic E-state index is 12.4. The van der Waals surface area contributed by atoms with Crippen LogP contribution in [0.15, 0.2) is 12.3 Å². The molecule has 0 radical (unpaired) electrons. The molecule has 1 fully saturated rings. The van der Waals surface area contributed by atoms with E-state index in [0.717, 1.165) is 25.9 Å². The fraction of sp³-hybridized carbons (Fsp3) is 0.500. The van der Waals surface area contributed by atoms with Crippen molar-refractivity contribution in [1.29, 1.82) is 0 Å². The van der Waals surface area contributed by atoms with E-state index in [-0.39, 0.29) is 29.3 Å². The Morgan fingerprint density at radius 1 is 1.48 bits per heavy atom. The number of nitrogens with zero attached hydrogens (tertiary/aromatic N) is 4. The summed E-state index contributed by atoms with van der Waals surface area (Å²) in [6, 6.07) is 1.82. The van der Waals surface area contributed by atoms with Crippen LogP contribution in [0, 0.1) is 0 Å². The molecule has 0 bridgehead atoms. The average Bonchev–Trinajstić information content (AvgIpc) is 3.17. The van der Waals surface area contributed by atoms with Crippen LogP contribution in [-0.2, 0) is 0 Å². The number of halogens is 3. The Morgan fingerprint density at radius 2 is 2.30 bits per heavy atom. The van der Waals surface area contributed by atoms with Crippen molar-refractivity contribution in [3.8, 4) is 0 Å². The van der Waals surface area contributed by atoms with Crippen LogP contribution in [0.4, 0.5) is 13.9 Å². The Morgan fingerprint density at radius 3 is 2.96 bits per heavy atom. The van der Waals surface area contributed by atoms with Crippen molar-refractivity contribution in [3.05, 3.63) is 23.0 Å². The van der Waals surface area contributed by atoms with E-state index in [0.29, 0.717) is 11.3 Å². The van der Waals surface area contributed by atoms with Crippen LogP contribution in [0.2, 0.25) is 0 Å². The topological polar surface area (TPSA) is 84.7 Å². The number of nitrogens with one attached hydrogen (secondary N) is 2. The third-order valence-electron chi connectivity index (χ3n) is 3.33. The van der Waals surface area contributed by atoms with E-state index in [4.69, 9.17) is 0 Å². The van der Waals surface area contributed by atoms with Gasteiger partial charge in [-0.25, -0.2) is 8.78 Å². The molecule has 2 aromatic rings. The minimum Gasteiger partial charge on any atom is -0.315 e. The van der Waals surface area contributed by atoms with Gasteiger partial charge in [-0.15, -0.1) is 22.6 Å². The summed E-state index contributed by atoms with van der Waals surface area (Å²) in [5.74, 6) is -0.487. The molecule has 11 heteroatoms. The minimum atomic E-state index is -2.69. The molecule has 0 saturated carbocycles. The number of hydrogen-bond donors (Lipinski definition) is 2. The first-order valence-corrected chi connectivity index (χ1v) is 7.64. The molecule has 7 nitrogen and oxygen atoms in total. The number of carbonyl (C=O) groups is 1. The highest BCUT2D eigenvalue weighted by molar-refractivity contribution is 7.15. The van der Waals surface area contributed by atoms with Gasteiger partial charge in [-0.3, -0.25) is 14.8 Å². The summed E-state index contributed by atoms with van der Waals surface area (Å²) in [6.45, 7) is 1.81. The van der Waals surface area contributed by atoms with Crippen molar-refractivity contribution < 1.29 is 13.6 Å². The van der Waals surface area contributed by atoms with Crippen LogP contribution >= 0.6 is 23.7 Å². The lowest BCUT2D eigenvalue weighted by molar-refractivity contribution is 0.102. The molecule has 1 aliphatic heterocycles. The van der Waals surface area contributed by atoms with Crippen LogP contribution in [0.1, 0.15) is 40.8 Å². The normalized spacial score (nSPS) is 17.8. The van der Waals surface area contributed by atoms with Crippen molar-refractivity contribution in [2.24, 2.45) is 0 Å². The van der Waals surface area contributed by atoms with Crippen molar-refractivity contribution in [2.75, 3.05) is 18.4 Å². The van der Waals surface area contributed by atoms with E-state index >= 15 is 0 Å². The van der Waals surface area contributed by atoms with E-state index in [9.17, 15) is 13.6 Å². The quantitative estimate of drug-likeness (QED) is 0.869. The number of rotatable bonds is 4. The van der Waals surface area contributed by atoms with Gasteiger partial charge in [-0.2, -0.15) is 5.10 Å². The highest BCUT2D eigenvalue weighted by Gasteiger charge is 2.19. The van der Waals surface area contributed by atoms with Crippen LogP contribution < -0.4 is 10.6 Å². The van der Waals surface area contributed by atoms with E-state index in [2.05, 4.69) is 25.9 Å². The molecule has 1 unspecified atom stereocenters. The summed E-state index contributed by atoms with van der Waals surface area (Å²) in [6.07, 6.45) is 1.12. The molecular formula is C12H15ClF2N6OS. The van der Waals surface area contributed by atoms with Crippen LogP contribution in [0.25, 0.3) is 0 Å². The van der Waals surface area contributed by atoms with E-state index < -0.39 is 17.3 Å². The van der Waals surface area contributed by atoms with E-state index in [1.165, 1.54) is 0 Å². The number of carbonyl (C=O) groups excluding carboxylic acids is 1. The van der Waals surface area contributed by atoms with Crippen molar-refractivity contribution in [1.82, 2.24) is 25.3 Å². The molecular weight excluding hydrogens is 350 g/mol. The SMILES string of the molecule is Cl.O=C(Nc1nnc(C(F)F)s1)c1ccn(C2CCCNC2)n1. The third kappa shape index (κ3) is 4.21. The molecule has 1 atom stereocenters. The van der Waals surface area contributed by atoms with Crippen LogP contribution in [0.5, 0.6) is 0 Å². The first-order valence-electron chi connectivity index (χ1n) is 6.82. The monoisotopic (exact) mass is 364 g/mol. The molecule has 3 heterocycles. The Labute approximate surface area is 140 Å². The Bertz CT molecular complexity index is 658. The average molecular weight is 365 g/mol. The smallest absolute Gasteiger partial charge is 0.291 e. The minimum absolute atomic E-state index is 0. The van der Waals surface area contributed by atoms with Gasteiger partial charge in [0.15, 0.2) is 10.7 Å². The molecule has 3 rings (SSSR count). The molecule has 23 heavy (non-hydrogen) atoms.